The van der Waals surface area contributed by atoms with Crippen LogP contribution < -0.4 is 11.1 Å². The summed E-state index contributed by atoms with van der Waals surface area (Å²) in [5.74, 6) is -0.266. The number of hydrogen-bond donors (Lipinski definition) is 2. The molecule has 1 amide bonds. The molecule has 0 radical (unpaired) electrons. The third-order valence-electron chi connectivity index (χ3n) is 3.22. The largest absolute Gasteiger partial charge is 0.330 e. The van der Waals surface area contributed by atoms with Crippen molar-refractivity contribution in [3.05, 3.63) is 29.5 Å². The Morgan fingerprint density at radius 2 is 2.24 bits per heavy atom. The zero-order valence-electron chi connectivity index (χ0n) is 11.8. The molecular weight excluding hydrogens is 292 g/mol. The summed E-state index contributed by atoms with van der Waals surface area (Å²) in [7, 11) is 0. The number of nitrogens with zero attached hydrogens (tertiary/aromatic N) is 4. The molecule has 1 aromatic heterocycles. The minimum Gasteiger partial charge on any atom is -0.330 e. The second-order valence-corrected chi connectivity index (χ2v) is 5.40. The zero-order chi connectivity index (χ0) is 15.4. The molecule has 0 aliphatic carbocycles. The van der Waals surface area contributed by atoms with Crippen molar-refractivity contribution in [3.63, 3.8) is 0 Å². The van der Waals surface area contributed by atoms with Gasteiger partial charge in [0.15, 0.2) is 0 Å². The molecule has 2 aromatic rings. The topological polar surface area (TPSA) is 98.7 Å². The molecule has 1 aromatic carbocycles. The summed E-state index contributed by atoms with van der Waals surface area (Å²) in [6, 6.07) is 5.16. The first-order valence-corrected chi connectivity index (χ1v) is 6.94. The fraction of sp³-hybridized carbons (Fsp3) is 0.385. The molecule has 1 unspecified atom stereocenters. The molecule has 0 fully saturated rings. The van der Waals surface area contributed by atoms with E-state index in [1.807, 2.05) is 13.8 Å². The van der Waals surface area contributed by atoms with Gasteiger partial charge in [-0.2, -0.15) is 0 Å². The van der Waals surface area contributed by atoms with Crippen molar-refractivity contribution in [1.82, 2.24) is 20.2 Å². The number of rotatable bonds is 5. The van der Waals surface area contributed by atoms with Gasteiger partial charge in [-0.25, -0.2) is 4.68 Å². The van der Waals surface area contributed by atoms with Gasteiger partial charge in [0.05, 0.1) is 22.3 Å². The summed E-state index contributed by atoms with van der Waals surface area (Å²) in [5, 5.41) is 14.2. The Kier molecular flexibility index (Phi) is 4.87. The summed E-state index contributed by atoms with van der Waals surface area (Å²) < 4.78 is 1.48. The van der Waals surface area contributed by atoms with E-state index in [1.54, 1.807) is 18.2 Å². The summed E-state index contributed by atoms with van der Waals surface area (Å²) in [4.78, 5) is 12.2. The molecule has 8 heteroatoms. The molecule has 0 spiro atoms. The number of hydrogen-bond acceptors (Lipinski definition) is 5. The fourth-order valence-electron chi connectivity index (χ4n) is 1.94. The minimum atomic E-state index is -0.266. The standard InChI is InChI=1S/C13H17ClN6O/c1-8(2)10(6-15)13(21)17-12-5-9(3-4-11(12)14)20-7-16-18-19-20/h3-5,7-8,10H,6,15H2,1-2H3,(H,17,21). The lowest BCUT2D eigenvalue weighted by Crippen LogP contribution is -2.33. The number of nitrogens with one attached hydrogen (secondary N) is 1. The zero-order valence-corrected chi connectivity index (χ0v) is 12.6. The second kappa shape index (κ2) is 6.64. The Bertz CT molecular complexity index is 613. The Balaban J connectivity index is 2.23. The maximum absolute atomic E-state index is 12.2. The van der Waals surface area contributed by atoms with Gasteiger partial charge in [0.2, 0.25) is 5.91 Å². The summed E-state index contributed by atoms with van der Waals surface area (Å²) >= 11 is 6.12. The van der Waals surface area contributed by atoms with Gasteiger partial charge in [0.1, 0.15) is 6.33 Å². The van der Waals surface area contributed by atoms with Gasteiger partial charge in [0, 0.05) is 6.54 Å². The first kappa shape index (κ1) is 15.4. The van der Waals surface area contributed by atoms with E-state index >= 15 is 0 Å². The lowest BCUT2D eigenvalue weighted by atomic mass is 9.95. The third kappa shape index (κ3) is 3.56. The highest BCUT2D eigenvalue weighted by molar-refractivity contribution is 6.33. The number of carbonyl (C=O) groups excluding carboxylic acids is 1. The van der Waals surface area contributed by atoms with Crippen molar-refractivity contribution in [2.75, 3.05) is 11.9 Å². The van der Waals surface area contributed by atoms with Crippen LogP contribution in [0, 0.1) is 11.8 Å². The van der Waals surface area contributed by atoms with E-state index in [4.69, 9.17) is 17.3 Å². The Labute approximate surface area is 127 Å². The van der Waals surface area contributed by atoms with Crippen molar-refractivity contribution in [3.8, 4) is 5.69 Å². The van der Waals surface area contributed by atoms with E-state index < -0.39 is 0 Å². The number of anilines is 1. The molecule has 3 N–H and O–H groups in total. The summed E-state index contributed by atoms with van der Waals surface area (Å²) in [6.07, 6.45) is 1.46. The van der Waals surface area contributed by atoms with Crippen LogP contribution in [-0.2, 0) is 4.79 Å². The van der Waals surface area contributed by atoms with E-state index in [9.17, 15) is 4.79 Å². The van der Waals surface area contributed by atoms with Crippen molar-refractivity contribution in [2.24, 2.45) is 17.6 Å². The lowest BCUT2D eigenvalue weighted by Gasteiger charge is -2.19. The highest BCUT2D eigenvalue weighted by atomic mass is 35.5. The van der Waals surface area contributed by atoms with Gasteiger partial charge in [-0.3, -0.25) is 4.79 Å². The predicted octanol–water partition coefficient (Wildman–Crippen LogP) is 1.49. The lowest BCUT2D eigenvalue weighted by molar-refractivity contribution is -0.120. The smallest absolute Gasteiger partial charge is 0.229 e. The van der Waals surface area contributed by atoms with Crippen LogP contribution in [0.15, 0.2) is 24.5 Å². The van der Waals surface area contributed by atoms with Crippen LogP contribution in [0.3, 0.4) is 0 Å². The Morgan fingerprint density at radius 3 is 2.81 bits per heavy atom. The maximum Gasteiger partial charge on any atom is 0.229 e. The maximum atomic E-state index is 12.2. The molecule has 2 rings (SSSR count). The van der Waals surface area contributed by atoms with E-state index in [0.29, 0.717) is 16.4 Å². The molecule has 0 aliphatic rings. The van der Waals surface area contributed by atoms with Crippen LogP contribution in [0.4, 0.5) is 5.69 Å². The number of aromatic nitrogens is 4. The number of halogens is 1. The molecule has 0 bridgehead atoms. The Hall–Kier alpha value is -1.99. The number of carbonyl (C=O) groups is 1. The van der Waals surface area contributed by atoms with Gasteiger partial charge < -0.3 is 11.1 Å². The van der Waals surface area contributed by atoms with Crippen molar-refractivity contribution < 1.29 is 4.79 Å². The van der Waals surface area contributed by atoms with Crippen molar-refractivity contribution in [1.29, 1.82) is 0 Å². The molecule has 1 atom stereocenters. The quantitative estimate of drug-likeness (QED) is 0.871. The highest BCUT2D eigenvalue weighted by Gasteiger charge is 2.21. The van der Waals surface area contributed by atoms with E-state index in [1.165, 1.54) is 11.0 Å². The van der Waals surface area contributed by atoms with Crippen molar-refractivity contribution in [2.45, 2.75) is 13.8 Å². The molecule has 0 saturated carbocycles. The summed E-state index contributed by atoms with van der Waals surface area (Å²) in [5.41, 5.74) is 6.86. The van der Waals surface area contributed by atoms with Gasteiger partial charge in [-0.1, -0.05) is 25.4 Å². The molecule has 0 saturated heterocycles. The highest BCUT2D eigenvalue weighted by Crippen LogP contribution is 2.25. The number of benzene rings is 1. The van der Waals surface area contributed by atoms with Crippen molar-refractivity contribution >= 4 is 23.2 Å². The van der Waals surface area contributed by atoms with Crippen LogP contribution in [-0.4, -0.2) is 32.7 Å². The van der Waals surface area contributed by atoms with Crippen LogP contribution in [0.1, 0.15) is 13.8 Å². The molecule has 0 aliphatic heterocycles. The molecule has 7 nitrogen and oxygen atoms in total. The minimum absolute atomic E-state index is 0.150. The van der Waals surface area contributed by atoms with Crippen LogP contribution in [0.5, 0.6) is 0 Å². The average Bonchev–Trinajstić information content (AvgIpc) is 2.95. The SMILES string of the molecule is CC(C)C(CN)C(=O)Nc1cc(-n2cnnn2)ccc1Cl. The molecule has 1 heterocycles. The normalized spacial score (nSPS) is 12.4. The first-order valence-electron chi connectivity index (χ1n) is 6.56. The molecule has 21 heavy (non-hydrogen) atoms. The summed E-state index contributed by atoms with van der Waals surface area (Å²) in [6.45, 7) is 4.19. The monoisotopic (exact) mass is 308 g/mol. The number of tetrazole rings is 1. The second-order valence-electron chi connectivity index (χ2n) is 4.99. The fourth-order valence-corrected chi connectivity index (χ4v) is 2.10. The van der Waals surface area contributed by atoms with E-state index in [2.05, 4.69) is 20.8 Å². The van der Waals surface area contributed by atoms with Gasteiger partial charge in [-0.05, 0) is 34.5 Å². The number of amides is 1. The molecule has 112 valence electrons. The van der Waals surface area contributed by atoms with Gasteiger partial charge >= 0.3 is 0 Å². The van der Waals surface area contributed by atoms with Crippen LogP contribution in [0.2, 0.25) is 5.02 Å². The van der Waals surface area contributed by atoms with Gasteiger partial charge in [-0.15, -0.1) is 5.10 Å². The third-order valence-corrected chi connectivity index (χ3v) is 3.55. The van der Waals surface area contributed by atoms with E-state index in [0.717, 1.165) is 0 Å². The first-order chi connectivity index (χ1) is 10.0. The van der Waals surface area contributed by atoms with Crippen LogP contribution in [0.25, 0.3) is 5.69 Å². The van der Waals surface area contributed by atoms with Gasteiger partial charge in [0.25, 0.3) is 0 Å². The average molecular weight is 309 g/mol. The Morgan fingerprint density at radius 1 is 1.48 bits per heavy atom. The molecular formula is C13H17ClN6O. The number of nitrogens with two attached hydrogens (primary N) is 1. The predicted molar refractivity (Wildman–Crippen MR) is 80.2 cm³/mol. The van der Waals surface area contributed by atoms with E-state index in [-0.39, 0.29) is 24.3 Å². The van der Waals surface area contributed by atoms with Crippen LogP contribution >= 0.6 is 11.6 Å².